The Kier molecular flexibility index (Phi) is 32.4. The molecule has 6 aromatic carbocycles. The van der Waals surface area contributed by atoms with Crippen molar-refractivity contribution < 1.29 is 66.5 Å². The van der Waals surface area contributed by atoms with Gasteiger partial charge in [-0.1, -0.05) is 106 Å². The number of likely N-dealkylation sites (tertiary alicyclic amines) is 2. The Labute approximate surface area is 648 Å². The van der Waals surface area contributed by atoms with E-state index < -0.39 is 11.9 Å². The van der Waals surface area contributed by atoms with Gasteiger partial charge in [0.2, 0.25) is 0 Å². The third kappa shape index (κ3) is 25.7. The van der Waals surface area contributed by atoms with Gasteiger partial charge in [-0.3, -0.25) is 9.80 Å². The first-order valence-corrected chi connectivity index (χ1v) is 39.5. The van der Waals surface area contributed by atoms with E-state index in [-0.39, 0.29) is 12.6 Å². The van der Waals surface area contributed by atoms with Crippen LogP contribution in [-0.4, -0.2) is 216 Å². The van der Waals surface area contributed by atoms with Crippen LogP contribution in [0.3, 0.4) is 0 Å². The van der Waals surface area contributed by atoms with Crippen molar-refractivity contribution in [2.75, 3.05) is 141 Å². The highest BCUT2D eigenvalue weighted by atomic mass is 16.7. The topological polar surface area (TPSA) is 246 Å². The minimum Gasteiger partial charge on any atom is -0.493 e. The van der Waals surface area contributed by atoms with Crippen LogP contribution < -0.4 is 19.5 Å². The molecule has 0 saturated carbocycles. The molecule has 23 nitrogen and oxygen atoms in total. The van der Waals surface area contributed by atoms with E-state index in [2.05, 4.69) is 197 Å². The molecule has 110 heavy (non-hydrogen) atoms. The molecular formula is C87H115N9O14. The van der Waals surface area contributed by atoms with E-state index >= 15 is 0 Å². The summed E-state index contributed by atoms with van der Waals surface area (Å²) in [4.78, 5) is 30.5. The number of aliphatic carboxylic acids is 2. The van der Waals surface area contributed by atoms with E-state index in [1.54, 1.807) is 0 Å². The second kappa shape index (κ2) is 43.3. The molecule has 5 fully saturated rings. The first kappa shape index (κ1) is 82.4. The second-order valence-electron chi connectivity index (χ2n) is 30.3. The van der Waals surface area contributed by atoms with Gasteiger partial charge in [-0.2, -0.15) is 0 Å². The third-order valence-corrected chi connectivity index (χ3v) is 21.0. The molecule has 0 atom stereocenters. The molecule has 23 heteroatoms. The van der Waals surface area contributed by atoms with Crippen molar-refractivity contribution in [1.82, 2.24) is 45.3 Å². The van der Waals surface area contributed by atoms with Gasteiger partial charge in [0.05, 0.1) is 80.0 Å². The Morgan fingerprint density at radius 3 is 1.02 bits per heavy atom. The minimum atomic E-state index is -1.26. The van der Waals surface area contributed by atoms with Crippen LogP contribution in [0.25, 0.3) is 32.9 Å². The standard InChI is InChI=1S/2C29H39N3O4.C25H33N3O2.C4H4O4/c2*1-31(2)20-25-27(33-17-14-22-6-4-3-5-7-22)11-9-24-26(30-36-29(24)25)10-8-23-12-15-32(16-13-23)21-28-34-18-19-35-28;1-28(2)18-22-24(29-17-14-19-6-4-3-5-7-19)11-9-21-23(27-30-25(21)22)10-8-20-12-15-26-16-13-20;5-3(6)1-2-4(7)8/h2*3-7,9,11,23,28H,8,10,12-21H2,1-2H3;3-7,9,11,20,26H,8,10,12-18H2,1-2H3;1-2H,(H,5,6)(H,7,8)/b;;;2-1+. The third-order valence-electron chi connectivity index (χ3n) is 21.0. The van der Waals surface area contributed by atoms with Crippen molar-refractivity contribution >= 4 is 44.8 Å². The SMILES string of the molecule is CN(C)Cc1c(OCCc2ccccc2)ccc2c(CCC3CCN(CC4OCCO4)CC3)noc12.CN(C)Cc1c(OCCc2ccccc2)ccc2c(CCC3CCN(CC4OCCO4)CC3)noc12.CN(C)Cc1c(OCCc2ccccc2)ccc2c(CCC3CCNCC3)noc12.O=C(O)/C=C/C(=O)O. The van der Waals surface area contributed by atoms with Crippen molar-refractivity contribution in [3.05, 3.63) is 190 Å². The molecule has 0 bridgehead atoms. The zero-order valence-corrected chi connectivity index (χ0v) is 65.4. The highest BCUT2D eigenvalue weighted by Crippen LogP contribution is 2.37. The lowest BCUT2D eigenvalue weighted by Crippen LogP contribution is -2.39. The number of nitrogens with one attached hydrogen (secondary N) is 1. The molecule has 592 valence electrons. The summed E-state index contributed by atoms with van der Waals surface area (Å²) in [6.07, 6.45) is 17.4. The maximum absolute atomic E-state index is 9.55. The van der Waals surface area contributed by atoms with Gasteiger partial charge in [-0.25, -0.2) is 9.59 Å². The Morgan fingerprint density at radius 1 is 0.427 bits per heavy atom. The summed E-state index contributed by atoms with van der Waals surface area (Å²) in [5.41, 5.74) is 12.9. The molecule has 5 aliphatic heterocycles. The van der Waals surface area contributed by atoms with E-state index in [4.69, 9.17) is 56.9 Å². The molecule has 0 unspecified atom stereocenters. The molecule has 5 aliphatic rings. The molecule has 0 aliphatic carbocycles. The van der Waals surface area contributed by atoms with Crippen molar-refractivity contribution in [1.29, 1.82) is 0 Å². The van der Waals surface area contributed by atoms with Crippen LogP contribution in [0.15, 0.2) is 153 Å². The van der Waals surface area contributed by atoms with Gasteiger partial charge in [-0.05, 0) is 229 Å². The lowest BCUT2D eigenvalue weighted by atomic mass is 9.91. The van der Waals surface area contributed by atoms with E-state index in [1.807, 2.05) is 18.2 Å². The second-order valence-corrected chi connectivity index (χ2v) is 30.3. The van der Waals surface area contributed by atoms with E-state index in [0.717, 1.165) is 251 Å². The van der Waals surface area contributed by atoms with Gasteiger partial charge in [0.1, 0.15) is 17.2 Å². The number of ether oxygens (including phenoxy) is 7. The van der Waals surface area contributed by atoms with Crippen LogP contribution in [0, 0.1) is 17.8 Å². The van der Waals surface area contributed by atoms with Gasteiger partial charge in [0, 0.05) is 80.3 Å². The molecule has 0 spiro atoms. The molecular weight excluding hydrogens is 1400 g/mol. The average molecular weight is 1510 g/mol. The molecule has 0 radical (unpaired) electrons. The number of carboxylic acid groups (broad SMARTS) is 2. The lowest BCUT2D eigenvalue weighted by Gasteiger charge is -2.32. The van der Waals surface area contributed by atoms with E-state index in [0.29, 0.717) is 32.0 Å². The Hall–Kier alpha value is -8.59. The Morgan fingerprint density at radius 2 is 0.727 bits per heavy atom. The molecule has 9 aromatic rings. The lowest BCUT2D eigenvalue weighted by molar-refractivity contribution is -0.134. The van der Waals surface area contributed by atoms with Crippen LogP contribution in [0.5, 0.6) is 17.2 Å². The fourth-order valence-corrected chi connectivity index (χ4v) is 15.1. The summed E-state index contributed by atoms with van der Waals surface area (Å²) in [6.45, 7) is 15.6. The normalized spacial score (nSPS) is 16.6. The number of benzene rings is 6. The maximum atomic E-state index is 9.55. The van der Waals surface area contributed by atoms with Crippen LogP contribution in [0.1, 0.15) is 108 Å². The summed E-state index contributed by atoms with van der Waals surface area (Å²) < 4.78 is 58.8. The number of nitrogens with zero attached hydrogens (tertiary/aromatic N) is 8. The fraction of sp³-hybridized carbons (Fsp3) is 0.506. The van der Waals surface area contributed by atoms with E-state index in [9.17, 15) is 9.59 Å². The number of rotatable bonds is 33. The van der Waals surface area contributed by atoms with Gasteiger partial charge in [0.25, 0.3) is 0 Å². The minimum absolute atomic E-state index is 0.0355. The number of hydrogen-bond acceptors (Lipinski definition) is 21. The van der Waals surface area contributed by atoms with Crippen molar-refractivity contribution in [2.45, 2.75) is 129 Å². The van der Waals surface area contributed by atoms with Crippen molar-refractivity contribution in [2.24, 2.45) is 17.8 Å². The predicted molar refractivity (Wildman–Crippen MR) is 426 cm³/mol. The molecule has 0 amide bonds. The average Bonchev–Trinajstić information content (AvgIpc) is 1.63. The highest BCUT2D eigenvalue weighted by molar-refractivity contribution is 5.90. The molecule has 8 heterocycles. The highest BCUT2D eigenvalue weighted by Gasteiger charge is 2.29. The first-order valence-electron chi connectivity index (χ1n) is 39.5. The number of carbonyl (C=O) groups is 2. The van der Waals surface area contributed by atoms with Crippen LogP contribution in [-0.2, 0) is 86.7 Å². The monoisotopic (exact) mass is 1510 g/mol. The smallest absolute Gasteiger partial charge is 0.328 e. The van der Waals surface area contributed by atoms with Crippen LogP contribution in [0.4, 0.5) is 0 Å². The largest absolute Gasteiger partial charge is 0.493 e. The van der Waals surface area contributed by atoms with Gasteiger partial charge in [-0.15, -0.1) is 0 Å². The summed E-state index contributed by atoms with van der Waals surface area (Å²) in [7, 11) is 12.4. The molecule has 3 aromatic heterocycles. The first-order chi connectivity index (χ1) is 53.6. The van der Waals surface area contributed by atoms with Gasteiger partial charge >= 0.3 is 11.9 Å². The van der Waals surface area contributed by atoms with Crippen LogP contribution >= 0.6 is 0 Å². The van der Waals surface area contributed by atoms with Crippen LogP contribution in [0.2, 0.25) is 0 Å². The summed E-state index contributed by atoms with van der Waals surface area (Å²) in [5.74, 6) is 2.39. The number of piperidine rings is 3. The molecule has 3 N–H and O–H groups in total. The van der Waals surface area contributed by atoms with Crippen molar-refractivity contribution in [3.8, 4) is 17.2 Å². The maximum Gasteiger partial charge on any atom is 0.328 e. The number of fused-ring (bicyclic) bond motifs is 3. The number of aryl methyl sites for hydroxylation is 3. The quantitative estimate of drug-likeness (QED) is 0.0324. The Balaban J connectivity index is 0.000000156. The summed E-state index contributed by atoms with van der Waals surface area (Å²) >= 11 is 0. The molecule has 5 saturated heterocycles. The summed E-state index contributed by atoms with van der Waals surface area (Å²) in [5, 5.41) is 35.9. The number of hydrogen-bond donors (Lipinski definition) is 3. The molecule has 14 rings (SSSR count). The number of carboxylic acids is 2. The zero-order valence-electron chi connectivity index (χ0n) is 65.4. The predicted octanol–water partition coefficient (Wildman–Crippen LogP) is 13.2. The Bertz CT molecular complexity index is 4040. The number of aromatic nitrogens is 3. The van der Waals surface area contributed by atoms with Gasteiger partial charge < -0.3 is 77.0 Å². The van der Waals surface area contributed by atoms with Gasteiger partial charge in [0.15, 0.2) is 29.3 Å². The van der Waals surface area contributed by atoms with Crippen molar-refractivity contribution in [3.63, 3.8) is 0 Å². The summed E-state index contributed by atoms with van der Waals surface area (Å²) in [6, 6.07) is 44.0. The zero-order chi connectivity index (χ0) is 76.8. The van der Waals surface area contributed by atoms with E-state index in [1.165, 1.54) is 61.6 Å². The fourth-order valence-electron chi connectivity index (χ4n) is 15.1.